The summed E-state index contributed by atoms with van der Waals surface area (Å²) in [7, 11) is 3.76. The molecule has 0 unspecified atom stereocenters. The van der Waals surface area contributed by atoms with E-state index < -0.39 is 13.0 Å². The molecule has 1 heterocycles. The summed E-state index contributed by atoms with van der Waals surface area (Å²) in [4.78, 5) is 14.0. The van der Waals surface area contributed by atoms with Crippen molar-refractivity contribution < 1.29 is 13.6 Å². The number of carbonyl (C=O) groups excluding carboxylic acids is 1. The van der Waals surface area contributed by atoms with E-state index in [9.17, 15) is 13.6 Å². The highest BCUT2D eigenvalue weighted by molar-refractivity contribution is 6.04. The maximum atomic E-state index is 12.2. The fourth-order valence-corrected chi connectivity index (χ4v) is 1.80. The minimum Gasteiger partial charge on any atom is -0.378 e. The summed E-state index contributed by atoms with van der Waals surface area (Å²) in [6.45, 7) is -0.494. The first-order valence-corrected chi connectivity index (χ1v) is 6.35. The van der Waals surface area contributed by atoms with E-state index in [1.54, 1.807) is 18.2 Å². The molecule has 0 aliphatic rings. The predicted octanol–water partition coefficient (Wildman–Crippen LogP) is 2.47. The molecule has 0 aliphatic heterocycles. The van der Waals surface area contributed by atoms with Crippen molar-refractivity contribution in [2.24, 2.45) is 0 Å². The van der Waals surface area contributed by atoms with Gasteiger partial charge in [-0.15, -0.1) is 0 Å². The molecule has 1 N–H and O–H groups in total. The Morgan fingerprint density at radius 1 is 1.43 bits per heavy atom. The smallest absolute Gasteiger partial charge is 0.257 e. The van der Waals surface area contributed by atoms with Gasteiger partial charge in [0.15, 0.2) is 0 Å². The van der Waals surface area contributed by atoms with Crippen LogP contribution in [0.1, 0.15) is 10.4 Å². The van der Waals surface area contributed by atoms with Crippen LogP contribution < -0.4 is 10.2 Å². The third kappa shape index (κ3) is 4.01. The van der Waals surface area contributed by atoms with Crippen LogP contribution in [0.3, 0.4) is 0 Å². The van der Waals surface area contributed by atoms with Gasteiger partial charge in [-0.3, -0.25) is 9.48 Å². The highest BCUT2D eigenvalue weighted by atomic mass is 19.3. The van der Waals surface area contributed by atoms with Gasteiger partial charge in [-0.05, 0) is 18.2 Å². The first kappa shape index (κ1) is 15.0. The van der Waals surface area contributed by atoms with Crippen molar-refractivity contribution in [3.05, 3.63) is 42.2 Å². The summed E-state index contributed by atoms with van der Waals surface area (Å²) >= 11 is 0. The van der Waals surface area contributed by atoms with Crippen LogP contribution in [0, 0.1) is 0 Å². The second kappa shape index (κ2) is 6.34. The summed E-state index contributed by atoms with van der Waals surface area (Å²) in [5.74, 6) is -0.310. The van der Waals surface area contributed by atoms with Gasteiger partial charge in [-0.2, -0.15) is 5.10 Å². The molecule has 21 heavy (non-hydrogen) atoms. The van der Waals surface area contributed by atoms with Crippen LogP contribution in [-0.2, 0) is 6.54 Å². The molecule has 2 aromatic rings. The topological polar surface area (TPSA) is 50.2 Å². The van der Waals surface area contributed by atoms with Gasteiger partial charge < -0.3 is 10.2 Å². The van der Waals surface area contributed by atoms with Crippen molar-refractivity contribution in [2.45, 2.75) is 13.0 Å². The monoisotopic (exact) mass is 294 g/mol. The highest BCUT2D eigenvalue weighted by Crippen LogP contribution is 2.15. The number of nitrogens with zero attached hydrogens (tertiary/aromatic N) is 3. The van der Waals surface area contributed by atoms with Gasteiger partial charge in [0.25, 0.3) is 12.3 Å². The Bertz CT molecular complexity index is 625. The van der Waals surface area contributed by atoms with Gasteiger partial charge in [0, 0.05) is 31.5 Å². The normalized spacial score (nSPS) is 10.7. The van der Waals surface area contributed by atoms with E-state index in [1.165, 1.54) is 12.4 Å². The summed E-state index contributed by atoms with van der Waals surface area (Å²) in [6, 6.07) is 7.10. The quantitative estimate of drug-likeness (QED) is 0.921. The van der Waals surface area contributed by atoms with Crippen molar-refractivity contribution in [3.8, 4) is 0 Å². The number of halogens is 2. The Hall–Kier alpha value is -2.44. The summed E-state index contributed by atoms with van der Waals surface area (Å²) in [5, 5.41) is 6.39. The number of anilines is 2. The van der Waals surface area contributed by atoms with Crippen molar-refractivity contribution in [3.63, 3.8) is 0 Å². The van der Waals surface area contributed by atoms with E-state index in [-0.39, 0.29) is 5.91 Å². The van der Waals surface area contributed by atoms with Crippen molar-refractivity contribution in [2.75, 3.05) is 24.3 Å². The predicted molar refractivity (Wildman–Crippen MR) is 77.0 cm³/mol. The van der Waals surface area contributed by atoms with Gasteiger partial charge in [-0.25, -0.2) is 8.78 Å². The van der Waals surface area contributed by atoms with Crippen LogP contribution in [-0.4, -0.2) is 36.2 Å². The second-order valence-corrected chi connectivity index (χ2v) is 4.74. The Morgan fingerprint density at radius 2 is 2.19 bits per heavy atom. The van der Waals surface area contributed by atoms with Crippen LogP contribution in [0.2, 0.25) is 0 Å². The Morgan fingerprint density at radius 3 is 2.86 bits per heavy atom. The number of carbonyl (C=O) groups is 1. The zero-order chi connectivity index (χ0) is 15.4. The molecule has 0 bridgehead atoms. The molecule has 0 fully saturated rings. The molecule has 0 saturated carbocycles. The maximum Gasteiger partial charge on any atom is 0.257 e. The summed E-state index contributed by atoms with van der Waals surface area (Å²) in [5.41, 5.74) is 1.77. The number of nitrogens with one attached hydrogen (secondary N) is 1. The lowest BCUT2D eigenvalue weighted by Crippen LogP contribution is -2.14. The van der Waals surface area contributed by atoms with Crippen LogP contribution >= 0.6 is 0 Å². The largest absolute Gasteiger partial charge is 0.378 e. The van der Waals surface area contributed by atoms with Crippen LogP contribution in [0.15, 0.2) is 36.7 Å². The first-order chi connectivity index (χ1) is 9.95. The Labute approximate surface area is 121 Å². The van der Waals surface area contributed by atoms with Crippen LogP contribution in [0.25, 0.3) is 0 Å². The van der Waals surface area contributed by atoms with Crippen molar-refractivity contribution in [1.82, 2.24) is 9.78 Å². The fraction of sp³-hybridized carbons (Fsp3) is 0.286. The number of rotatable bonds is 5. The maximum absolute atomic E-state index is 12.2. The lowest BCUT2D eigenvalue weighted by Gasteiger charge is -2.13. The number of benzene rings is 1. The third-order valence-electron chi connectivity index (χ3n) is 2.84. The Kier molecular flexibility index (Phi) is 4.52. The standard InChI is InChI=1S/C14H16F2N4O/c1-19(2)12-5-3-4-10(6-12)14(21)18-11-7-17-20(8-11)9-13(15)16/h3-8,13H,9H2,1-2H3,(H,18,21). The minimum atomic E-state index is -2.48. The number of aromatic nitrogens is 2. The molecule has 0 atom stereocenters. The molecule has 0 aliphatic carbocycles. The molecule has 0 spiro atoms. The van der Waals surface area contributed by atoms with Crippen molar-refractivity contribution in [1.29, 1.82) is 0 Å². The van der Waals surface area contributed by atoms with Gasteiger partial charge in [0.05, 0.1) is 11.9 Å². The average molecular weight is 294 g/mol. The Balaban J connectivity index is 2.07. The van der Waals surface area contributed by atoms with Crippen molar-refractivity contribution >= 4 is 17.3 Å². The van der Waals surface area contributed by atoms with Gasteiger partial charge in [0.1, 0.15) is 6.54 Å². The molecule has 1 amide bonds. The van der Waals surface area contributed by atoms with Gasteiger partial charge in [0.2, 0.25) is 0 Å². The average Bonchev–Trinajstić information content (AvgIpc) is 2.85. The zero-order valence-electron chi connectivity index (χ0n) is 11.8. The molecular weight excluding hydrogens is 278 g/mol. The number of hydrogen-bond donors (Lipinski definition) is 1. The van der Waals surface area contributed by atoms with Gasteiger partial charge in [-0.1, -0.05) is 6.07 Å². The zero-order valence-corrected chi connectivity index (χ0v) is 11.8. The molecule has 1 aromatic heterocycles. The van der Waals surface area contributed by atoms with E-state index in [2.05, 4.69) is 10.4 Å². The molecule has 1 aromatic carbocycles. The van der Waals surface area contributed by atoms with E-state index in [0.29, 0.717) is 11.3 Å². The SMILES string of the molecule is CN(C)c1cccc(C(=O)Nc2cnn(CC(F)F)c2)c1. The molecule has 5 nitrogen and oxygen atoms in total. The molecule has 2 rings (SSSR count). The second-order valence-electron chi connectivity index (χ2n) is 4.74. The van der Waals surface area contributed by atoms with E-state index >= 15 is 0 Å². The molecular formula is C14H16F2N4O. The van der Waals surface area contributed by atoms with Gasteiger partial charge >= 0.3 is 0 Å². The minimum absolute atomic E-state index is 0.310. The molecule has 7 heteroatoms. The lowest BCUT2D eigenvalue weighted by molar-refractivity contribution is 0.102. The number of alkyl halides is 2. The third-order valence-corrected chi connectivity index (χ3v) is 2.84. The van der Waals surface area contributed by atoms with E-state index in [0.717, 1.165) is 10.4 Å². The molecule has 0 radical (unpaired) electrons. The highest BCUT2D eigenvalue weighted by Gasteiger charge is 2.10. The number of hydrogen-bond acceptors (Lipinski definition) is 3. The lowest BCUT2D eigenvalue weighted by atomic mass is 10.2. The van der Waals surface area contributed by atoms with Crippen LogP contribution in [0.4, 0.5) is 20.2 Å². The molecule has 0 saturated heterocycles. The summed E-state index contributed by atoms with van der Waals surface area (Å²) in [6.07, 6.45) is 0.237. The summed E-state index contributed by atoms with van der Waals surface area (Å²) < 4.78 is 25.5. The fourth-order valence-electron chi connectivity index (χ4n) is 1.80. The van der Waals surface area contributed by atoms with E-state index in [4.69, 9.17) is 0 Å². The first-order valence-electron chi connectivity index (χ1n) is 6.35. The molecule has 112 valence electrons. The van der Waals surface area contributed by atoms with Crippen LogP contribution in [0.5, 0.6) is 0 Å². The van der Waals surface area contributed by atoms with E-state index in [1.807, 2.05) is 25.1 Å². The number of amides is 1.